The van der Waals surface area contributed by atoms with Gasteiger partial charge in [0.05, 0.1) is 19.1 Å². The highest BCUT2D eigenvalue weighted by Crippen LogP contribution is 2.66. The number of nitrogens with one attached hydrogen (secondary N) is 1. The Morgan fingerprint density at radius 1 is 1.17 bits per heavy atom. The predicted octanol–water partition coefficient (Wildman–Crippen LogP) is 0.335. The van der Waals surface area contributed by atoms with Crippen molar-refractivity contribution < 1.29 is 65.8 Å². The molecule has 6 N–H and O–H groups in total. The van der Waals surface area contributed by atoms with Crippen molar-refractivity contribution in [3.8, 4) is 11.8 Å². The van der Waals surface area contributed by atoms with Crippen molar-refractivity contribution in [1.82, 2.24) is 9.55 Å². The summed E-state index contributed by atoms with van der Waals surface area (Å²) in [5, 5.41) is 10.2. The van der Waals surface area contributed by atoms with E-state index in [1.54, 1.807) is 24.3 Å². The van der Waals surface area contributed by atoms with Crippen LogP contribution in [0, 0.1) is 11.8 Å². The number of ether oxygens (including phenoxy) is 2. The van der Waals surface area contributed by atoms with Crippen LogP contribution in [0.1, 0.15) is 38.0 Å². The number of phosphoric ester groups is 1. The quantitative estimate of drug-likeness (QED) is 0.0731. The molecule has 41 heavy (non-hydrogen) atoms. The molecule has 1 aliphatic heterocycles. The van der Waals surface area contributed by atoms with E-state index in [0.29, 0.717) is 0 Å². The van der Waals surface area contributed by atoms with Gasteiger partial charge in [-0.3, -0.25) is 23.7 Å². The molecule has 0 saturated carbocycles. The summed E-state index contributed by atoms with van der Waals surface area (Å²) in [7, 11) is -16.8. The monoisotopic (exact) mass is 644 g/mol. The second-order valence-electron chi connectivity index (χ2n) is 7.97. The lowest BCUT2D eigenvalue weighted by Crippen LogP contribution is -2.33. The third-order valence-corrected chi connectivity index (χ3v) is 8.56. The van der Waals surface area contributed by atoms with Gasteiger partial charge in [-0.15, -0.1) is 0 Å². The molecule has 0 radical (unpaired) electrons. The molecule has 18 nitrogen and oxygen atoms in total. The Balaban J connectivity index is 2.00. The van der Waals surface area contributed by atoms with Crippen LogP contribution in [-0.4, -0.2) is 65.6 Å². The van der Waals surface area contributed by atoms with Gasteiger partial charge in [-0.25, -0.2) is 18.5 Å². The van der Waals surface area contributed by atoms with Crippen molar-refractivity contribution >= 4 is 29.4 Å². The normalized spacial score (nSPS) is 22.2. The van der Waals surface area contributed by atoms with E-state index >= 15 is 0 Å². The first kappa shape index (κ1) is 34.7. The molecule has 2 rings (SSSR count). The standard InChI is InChI=1S/C20H27N2O16P3/c1-2-3-4-7-10-34-18(24)9-6-5-8-14-12-22(20(26)21-19(14)25)17-11-15(23)16(36-17)13-35-40(30,31)38-41(32,33)37-39(27,28)29/h2-4,7,12,15-17,23H,6,9-11,13H2,1H3,(H,30,31)(H,32,33)(H,21,25,26)(H2,27,28,29)/b3-2+,7-4+/t15-,16+,17+/m0/s1. The smallest absolute Gasteiger partial charge is 0.461 e. The van der Waals surface area contributed by atoms with E-state index < -0.39 is 65.7 Å². The molecule has 0 bridgehead atoms. The number of phosphoric acid groups is 3. The summed E-state index contributed by atoms with van der Waals surface area (Å²) in [5.41, 5.74) is -1.96. The maximum Gasteiger partial charge on any atom is 0.490 e. The summed E-state index contributed by atoms with van der Waals surface area (Å²) in [5.74, 6) is 4.61. The van der Waals surface area contributed by atoms with Gasteiger partial charge in [0.2, 0.25) is 0 Å². The molecule has 1 aromatic heterocycles. The van der Waals surface area contributed by atoms with E-state index in [1.165, 1.54) is 0 Å². The fourth-order valence-corrected chi connectivity index (χ4v) is 6.11. The number of hydrogen-bond acceptors (Lipinski definition) is 12. The predicted molar refractivity (Wildman–Crippen MR) is 137 cm³/mol. The van der Waals surface area contributed by atoms with Gasteiger partial charge in [-0.1, -0.05) is 30.1 Å². The van der Waals surface area contributed by atoms with Crippen molar-refractivity contribution in [1.29, 1.82) is 0 Å². The lowest BCUT2D eigenvalue weighted by Gasteiger charge is -2.19. The molecular weight excluding hydrogens is 617 g/mol. The summed E-state index contributed by atoms with van der Waals surface area (Å²) >= 11 is 0. The zero-order valence-corrected chi connectivity index (χ0v) is 23.9. The molecule has 0 aromatic carbocycles. The van der Waals surface area contributed by atoms with Crippen LogP contribution in [0.15, 0.2) is 40.1 Å². The van der Waals surface area contributed by atoms with Crippen LogP contribution in [0.4, 0.5) is 0 Å². The second-order valence-corrected chi connectivity index (χ2v) is 12.4. The number of aromatic nitrogens is 2. The fourth-order valence-electron chi connectivity index (χ4n) is 3.08. The lowest BCUT2D eigenvalue weighted by atomic mass is 10.2. The maximum absolute atomic E-state index is 12.3. The lowest BCUT2D eigenvalue weighted by molar-refractivity contribution is -0.142. The molecule has 1 fully saturated rings. The molecule has 5 atom stereocenters. The maximum atomic E-state index is 12.3. The number of nitrogens with zero attached hydrogens (tertiary/aromatic N) is 1. The van der Waals surface area contributed by atoms with Crippen LogP contribution in [0.2, 0.25) is 0 Å². The number of hydrogen-bond donors (Lipinski definition) is 6. The van der Waals surface area contributed by atoms with Crippen LogP contribution in [0.3, 0.4) is 0 Å². The number of esters is 1. The van der Waals surface area contributed by atoms with E-state index in [-0.39, 0.29) is 31.4 Å². The van der Waals surface area contributed by atoms with Crippen LogP contribution in [0.5, 0.6) is 0 Å². The molecule has 2 unspecified atom stereocenters. The Morgan fingerprint density at radius 3 is 2.54 bits per heavy atom. The van der Waals surface area contributed by atoms with E-state index in [2.05, 4.69) is 25.0 Å². The topological polar surface area (TPSA) is 270 Å². The zero-order valence-electron chi connectivity index (χ0n) is 21.2. The Kier molecular flexibility index (Phi) is 12.8. The van der Waals surface area contributed by atoms with Crippen molar-refractivity contribution in [2.75, 3.05) is 13.2 Å². The molecular formula is C20H27N2O16P3. The molecule has 0 spiro atoms. The number of rotatable bonds is 13. The highest BCUT2D eigenvalue weighted by molar-refractivity contribution is 7.66. The van der Waals surface area contributed by atoms with E-state index in [0.717, 1.165) is 10.8 Å². The number of aromatic amines is 1. The minimum Gasteiger partial charge on any atom is -0.461 e. The number of aliphatic hydroxyl groups excluding tert-OH is 1. The average molecular weight is 644 g/mol. The fraction of sp³-hybridized carbons (Fsp3) is 0.450. The van der Waals surface area contributed by atoms with Crippen molar-refractivity contribution in [3.05, 3.63) is 56.9 Å². The minimum absolute atomic E-state index is 0.0390. The van der Waals surface area contributed by atoms with Gasteiger partial charge in [-0.05, 0) is 13.0 Å². The van der Waals surface area contributed by atoms with Gasteiger partial charge >= 0.3 is 35.1 Å². The Labute approximate surface area is 231 Å². The number of carbonyl (C=O) groups is 1. The van der Waals surface area contributed by atoms with Crippen molar-refractivity contribution in [3.63, 3.8) is 0 Å². The number of H-pyrrole nitrogens is 1. The van der Waals surface area contributed by atoms with Gasteiger partial charge in [0, 0.05) is 19.0 Å². The third kappa shape index (κ3) is 12.5. The summed E-state index contributed by atoms with van der Waals surface area (Å²) in [6, 6.07) is 0. The van der Waals surface area contributed by atoms with Crippen LogP contribution in [0.25, 0.3) is 0 Å². The van der Waals surface area contributed by atoms with Gasteiger partial charge in [0.1, 0.15) is 24.5 Å². The summed E-state index contributed by atoms with van der Waals surface area (Å²) in [6.07, 6.45) is 3.60. The number of carbonyl (C=O) groups excluding carboxylic acids is 1. The first-order valence-corrected chi connectivity index (χ1v) is 15.9. The van der Waals surface area contributed by atoms with Gasteiger partial charge in [0.25, 0.3) is 5.56 Å². The van der Waals surface area contributed by atoms with Crippen LogP contribution < -0.4 is 11.2 Å². The largest absolute Gasteiger partial charge is 0.490 e. The van der Waals surface area contributed by atoms with Gasteiger partial charge < -0.3 is 34.2 Å². The molecule has 1 aromatic rings. The Morgan fingerprint density at radius 2 is 1.88 bits per heavy atom. The van der Waals surface area contributed by atoms with E-state index in [9.17, 15) is 43.0 Å². The van der Waals surface area contributed by atoms with E-state index in [1.807, 2.05) is 11.9 Å². The molecule has 228 valence electrons. The number of allylic oxidation sites excluding steroid dienone is 3. The summed E-state index contributed by atoms with van der Waals surface area (Å²) < 4.78 is 56.9. The average Bonchev–Trinajstić information content (AvgIpc) is 3.19. The Bertz CT molecular complexity index is 1460. The molecule has 1 aliphatic rings. The van der Waals surface area contributed by atoms with Crippen LogP contribution >= 0.6 is 23.5 Å². The third-order valence-electron chi connectivity index (χ3n) is 4.76. The van der Waals surface area contributed by atoms with Crippen LogP contribution in [-0.2, 0) is 41.1 Å². The SMILES string of the molecule is C/C=C/C=C/COC(=O)CCC#Cc1cn([C@H]2C[C@H](O)[C@@H](COP(=O)(O)OP(=O)(O)OP(=O)(O)O)O2)c(=O)[nH]c1=O. The summed E-state index contributed by atoms with van der Waals surface area (Å²) in [4.78, 5) is 74.0. The molecule has 0 aliphatic carbocycles. The van der Waals surface area contributed by atoms with E-state index in [4.69, 9.17) is 19.3 Å². The van der Waals surface area contributed by atoms with Crippen molar-refractivity contribution in [2.45, 2.75) is 44.6 Å². The molecule has 0 amide bonds. The van der Waals surface area contributed by atoms with Gasteiger partial charge in [-0.2, -0.15) is 8.62 Å². The summed E-state index contributed by atoms with van der Waals surface area (Å²) in [6.45, 7) is 0.960. The number of aliphatic hydroxyl groups is 1. The molecule has 21 heteroatoms. The minimum atomic E-state index is -5.74. The zero-order chi connectivity index (χ0) is 30.8. The van der Waals surface area contributed by atoms with Gasteiger partial charge in [0.15, 0.2) is 0 Å². The highest BCUT2D eigenvalue weighted by Gasteiger charge is 2.43. The second kappa shape index (κ2) is 15.1. The highest BCUT2D eigenvalue weighted by atomic mass is 31.3. The Hall–Kier alpha value is -2.48. The first-order chi connectivity index (χ1) is 19.0. The first-order valence-electron chi connectivity index (χ1n) is 11.4. The molecule has 2 heterocycles. The molecule has 1 saturated heterocycles. The van der Waals surface area contributed by atoms with Crippen molar-refractivity contribution in [2.24, 2.45) is 0 Å².